The highest BCUT2D eigenvalue weighted by Gasteiger charge is 2.18. The Morgan fingerprint density at radius 2 is 1.59 bits per heavy atom. The van der Waals surface area contributed by atoms with E-state index in [0.29, 0.717) is 59.4 Å². The van der Waals surface area contributed by atoms with E-state index in [4.69, 9.17) is 21.1 Å². The summed E-state index contributed by atoms with van der Waals surface area (Å²) in [6.07, 6.45) is 2.90. The molecule has 3 aromatic carbocycles. The minimum Gasteiger partial charge on any atom is -0.508 e. The fourth-order valence-electron chi connectivity index (χ4n) is 3.87. The third-order valence-electron chi connectivity index (χ3n) is 5.51. The van der Waals surface area contributed by atoms with Crippen LogP contribution in [0.15, 0.2) is 66.9 Å². The van der Waals surface area contributed by atoms with Crippen LogP contribution in [0.3, 0.4) is 0 Å². The normalized spacial score (nSPS) is 12.1. The molecule has 34 heavy (non-hydrogen) atoms. The van der Waals surface area contributed by atoms with Crippen molar-refractivity contribution in [2.24, 2.45) is 0 Å². The van der Waals surface area contributed by atoms with Crippen molar-refractivity contribution in [1.29, 1.82) is 0 Å². The Kier molecular flexibility index (Phi) is 7.28. The molecule has 176 valence electrons. The van der Waals surface area contributed by atoms with Crippen LogP contribution in [0.25, 0.3) is 16.9 Å². The van der Waals surface area contributed by atoms with Crippen molar-refractivity contribution in [1.82, 2.24) is 9.78 Å². The van der Waals surface area contributed by atoms with Gasteiger partial charge >= 0.3 is 0 Å². The molecule has 1 aliphatic rings. The van der Waals surface area contributed by atoms with Crippen LogP contribution in [0.5, 0.6) is 23.0 Å². The average molecular weight is 479 g/mol. The second kappa shape index (κ2) is 10.5. The molecule has 0 bridgehead atoms. The van der Waals surface area contributed by atoms with Gasteiger partial charge in [-0.2, -0.15) is 5.10 Å². The van der Waals surface area contributed by atoms with Crippen LogP contribution in [-0.2, 0) is 12.8 Å². The monoisotopic (exact) mass is 478 g/mol. The lowest BCUT2D eigenvalue weighted by Crippen LogP contribution is -2.15. The minimum atomic E-state index is -0.0247. The molecule has 0 radical (unpaired) electrons. The van der Waals surface area contributed by atoms with E-state index in [1.807, 2.05) is 62.4 Å². The van der Waals surface area contributed by atoms with E-state index in [1.54, 1.807) is 16.9 Å². The number of hydrogen-bond acceptors (Lipinski definition) is 5. The zero-order chi connectivity index (χ0) is 24.1. The number of aromatic hydroxyl groups is 2. The molecule has 0 saturated heterocycles. The predicted molar refractivity (Wildman–Crippen MR) is 134 cm³/mol. The lowest BCUT2D eigenvalue weighted by Gasteiger charge is -2.19. The Labute approximate surface area is 204 Å². The molecule has 0 unspecified atom stereocenters. The molecule has 0 aliphatic carbocycles. The first-order valence-electron chi connectivity index (χ1n) is 11.3. The van der Waals surface area contributed by atoms with Gasteiger partial charge in [0.1, 0.15) is 24.7 Å². The molecule has 7 heteroatoms. The third kappa shape index (κ3) is 4.82. The Morgan fingerprint density at radius 3 is 2.38 bits per heavy atom. The maximum atomic E-state index is 10.6. The number of rotatable bonds is 5. The van der Waals surface area contributed by atoms with Crippen molar-refractivity contribution in [3.63, 3.8) is 0 Å². The zero-order valence-electron chi connectivity index (χ0n) is 19.2. The van der Waals surface area contributed by atoms with Crippen LogP contribution in [0.4, 0.5) is 0 Å². The van der Waals surface area contributed by atoms with E-state index in [-0.39, 0.29) is 11.5 Å². The van der Waals surface area contributed by atoms with Gasteiger partial charge < -0.3 is 19.7 Å². The highest BCUT2D eigenvalue weighted by molar-refractivity contribution is 6.31. The smallest absolute Gasteiger partial charge is 0.163 e. The summed E-state index contributed by atoms with van der Waals surface area (Å²) in [7, 11) is 0. The molecule has 2 heterocycles. The number of ether oxygens (including phenoxy) is 2. The molecule has 0 fully saturated rings. The van der Waals surface area contributed by atoms with Crippen LogP contribution >= 0.6 is 11.6 Å². The largest absolute Gasteiger partial charge is 0.508 e. The molecule has 0 saturated carbocycles. The van der Waals surface area contributed by atoms with Gasteiger partial charge in [-0.15, -0.1) is 0 Å². The minimum absolute atomic E-state index is 0.0247. The summed E-state index contributed by atoms with van der Waals surface area (Å²) >= 11 is 6.27. The number of aromatic nitrogens is 2. The number of halogens is 1. The SMILES string of the molecule is CC.Oc1cc(O)c(-c2ccnn2-c2ccc3c(c2)OCCO3)cc1CCc1ccccc1Cl. The molecule has 2 N–H and O–H groups in total. The fourth-order valence-corrected chi connectivity index (χ4v) is 4.10. The maximum absolute atomic E-state index is 10.6. The van der Waals surface area contributed by atoms with E-state index in [9.17, 15) is 10.2 Å². The predicted octanol–water partition coefficient (Wildman–Crippen LogP) is 6.19. The van der Waals surface area contributed by atoms with Crippen molar-refractivity contribution in [3.8, 4) is 39.9 Å². The molecule has 0 amide bonds. The summed E-state index contributed by atoms with van der Waals surface area (Å²) < 4.78 is 13.0. The molecular formula is C27H27ClN2O4. The van der Waals surface area contributed by atoms with E-state index in [2.05, 4.69) is 5.10 Å². The lowest BCUT2D eigenvalue weighted by atomic mass is 9.99. The summed E-state index contributed by atoms with van der Waals surface area (Å²) in [6, 6.07) is 18.2. The van der Waals surface area contributed by atoms with Crippen LogP contribution in [0, 0.1) is 0 Å². The van der Waals surface area contributed by atoms with Gasteiger partial charge in [-0.1, -0.05) is 43.6 Å². The van der Waals surface area contributed by atoms with Crippen molar-refractivity contribution in [2.45, 2.75) is 26.7 Å². The average Bonchev–Trinajstić information content (AvgIpc) is 3.35. The summed E-state index contributed by atoms with van der Waals surface area (Å²) in [4.78, 5) is 0. The number of nitrogens with zero attached hydrogens (tertiary/aromatic N) is 2. The van der Waals surface area contributed by atoms with Gasteiger partial charge in [-0.25, -0.2) is 4.68 Å². The molecule has 0 spiro atoms. The maximum Gasteiger partial charge on any atom is 0.163 e. The van der Waals surface area contributed by atoms with Gasteiger partial charge in [0.25, 0.3) is 0 Å². The summed E-state index contributed by atoms with van der Waals surface area (Å²) in [6.45, 7) is 5.02. The lowest BCUT2D eigenvalue weighted by molar-refractivity contribution is 0.171. The Balaban J connectivity index is 0.00000133. The topological polar surface area (TPSA) is 76.7 Å². The molecule has 1 aliphatic heterocycles. The zero-order valence-corrected chi connectivity index (χ0v) is 19.9. The quantitative estimate of drug-likeness (QED) is 0.358. The second-order valence-electron chi connectivity index (χ2n) is 7.55. The first-order chi connectivity index (χ1) is 16.6. The Morgan fingerprint density at radius 1 is 0.853 bits per heavy atom. The number of phenolic OH excluding ortho intramolecular Hbond substituents is 2. The first kappa shape index (κ1) is 23.5. The van der Waals surface area contributed by atoms with Crippen molar-refractivity contribution >= 4 is 11.6 Å². The van der Waals surface area contributed by atoms with Crippen LogP contribution in [0.1, 0.15) is 25.0 Å². The molecule has 4 aromatic rings. The Hall–Kier alpha value is -3.64. The molecule has 6 nitrogen and oxygen atoms in total. The summed E-state index contributed by atoms with van der Waals surface area (Å²) in [5.74, 6) is 1.38. The first-order valence-corrected chi connectivity index (χ1v) is 11.7. The van der Waals surface area contributed by atoms with E-state index < -0.39 is 0 Å². The molecular weight excluding hydrogens is 452 g/mol. The van der Waals surface area contributed by atoms with Gasteiger partial charge in [0.05, 0.1) is 17.6 Å². The second-order valence-corrected chi connectivity index (χ2v) is 7.95. The van der Waals surface area contributed by atoms with E-state index in [1.165, 1.54) is 6.07 Å². The number of phenols is 2. The standard InChI is InChI=1S/C25H21ClN2O4.C2H6/c26-20-4-2-1-3-16(20)5-6-17-13-19(23(30)15-22(17)29)21-9-10-27-28(21)18-7-8-24-25(14-18)32-12-11-31-24;1-2/h1-4,7-10,13-15,29-30H,5-6,11-12H2;1-2H3. The molecule has 0 atom stereocenters. The van der Waals surface area contributed by atoms with Gasteiger partial charge in [0, 0.05) is 22.7 Å². The highest BCUT2D eigenvalue weighted by atomic mass is 35.5. The van der Waals surface area contributed by atoms with Crippen molar-refractivity contribution in [3.05, 3.63) is 83.0 Å². The van der Waals surface area contributed by atoms with Gasteiger partial charge in [0.15, 0.2) is 11.5 Å². The van der Waals surface area contributed by atoms with Crippen LogP contribution in [-0.4, -0.2) is 33.2 Å². The summed E-state index contributed by atoms with van der Waals surface area (Å²) in [5, 5.41) is 26.2. The van der Waals surface area contributed by atoms with E-state index in [0.717, 1.165) is 11.3 Å². The Bertz CT molecular complexity index is 1290. The number of hydrogen-bond donors (Lipinski definition) is 2. The molecule has 1 aromatic heterocycles. The number of benzene rings is 3. The highest BCUT2D eigenvalue weighted by Crippen LogP contribution is 2.38. The van der Waals surface area contributed by atoms with E-state index >= 15 is 0 Å². The third-order valence-corrected chi connectivity index (χ3v) is 5.88. The van der Waals surface area contributed by atoms with Crippen molar-refractivity contribution in [2.75, 3.05) is 13.2 Å². The van der Waals surface area contributed by atoms with Gasteiger partial charge in [0.2, 0.25) is 0 Å². The fraction of sp³-hybridized carbons (Fsp3) is 0.222. The van der Waals surface area contributed by atoms with Crippen LogP contribution in [0.2, 0.25) is 5.02 Å². The summed E-state index contributed by atoms with van der Waals surface area (Å²) in [5.41, 5.74) is 3.76. The number of fused-ring (bicyclic) bond motifs is 1. The van der Waals surface area contributed by atoms with Gasteiger partial charge in [-0.3, -0.25) is 0 Å². The van der Waals surface area contributed by atoms with Gasteiger partial charge in [-0.05, 0) is 54.3 Å². The van der Waals surface area contributed by atoms with Crippen LogP contribution < -0.4 is 9.47 Å². The number of aryl methyl sites for hydroxylation is 2. The molecule has 5 rings (SSSR count). The van der Waals surface area contributed by atoms with Crippen molar-refractivity contribution < 1.29 is 19.7 Å².